The molecular formula is C19H25N5O2. The quantitative estimate of drug-likeness (QED) is 0.795. The second-order valence-electron chi connectivity index (χ2n) is 6.15. The predicted molar refractivity (Wildman–Crippen MR) is 103 cm³/mol. The van der Waals surface area contributed by atoms with Crippen LogP contribution in [0.4, 0.5) is 17.2 Å². The summed E-state index contributed by atoms with van der Waals surface area (Å²) in [5, 5.41) is 5.90. The van der Waals surface area contributed by atoms with Gasteiger partial charge in [-0.3, -0.25) is 9.59 Å². The van der Waals surface area contributed by atoms with Gasteiger partial charge in [-0.15, -0.1) is 0 Å². The van der Waals surface area contributed by atoms with Crippen molar-refractivity contribution in [3.63, 3.8) is 0 Å². The van der Waals surface area contributed by atoms with E-state index in [2.05, 4.69) is 27.5 Å². The minimum atomic E-state index is -0.136. The Bertz CT molecular complexity index is 791. The summed E-state index contributed by atoms with van der Waals surface area (Å²) in [6.45, 7) is 5.99. The Morgan fingerprint density at radius 1 is 1.15 bits per heavy atom. The molecule has 0 radical (unpaired) electrons. The van der Waals surface area contributed by atoms with Crippen molar-refractivity contribution in [3.05, 3.63) is 41.9 Å². The van der Waals surface area contributed by atoms with E-state index in [0.717, 1.165) is 18.5 Å². The highest BCUT2D eigenvalue weighted by Gasteiger charge is 2.15. The molecule has 2 amide bonds. The number of amides is 2. The fourth-order valence-electron chi connectivity index (χ4n) is 2.46. The minimum absolute atomic E-state index is 0.126. The summed E-state index contributed by atoms with van der Waals surface area (Å²) in [7, 11) is 1.78. The molecule has 0 aliphatic heterocycles. The first-order valence-corrected chi connectivity index (χ1v) is 8.65. The van der Waals surface area contributed by atoms with Gasteiger partial charge in [0.2, 0.25) is 5.91 Å². The number of anilines is 3. The van der Waals surface area contributed by atoms with E-state index < -0.39 is 0 Å². The van der Waals surface area contributed by atoms with Gasteiger partial charge < -0.3 is 15.5 Å². The number of benzene rings is 1. The molecule has 0 saturated heterocycles. The number of carbonyl (C=O) groups excluding carboxylic acids is 2. The number of nitrogens with zero attached hydrogens (tertiary/aromatic N) is 3. The average Bonchev–Trinajstić information content (AvgIpc) is 2.58. The van der Waals surface area contributed by atoms with Crippen molar-refractivity contribution in [2.45, 2.75) is 33.6 Å². The lowest BCUT2D eigenvalue weighted by Crippen LogP contribution is -2.28. The highest BCUT2D eigenvalue weighted by molar-refractivity contribution is 5.93. The van der Waals surface area contributed by atoms with Crippen molar-refractivity contribution in [1.82, 2.24) is 14.9 Å². The number of aryl methyl sites for hydroxylation is 1. The van der Waals surface area contributed by atoms with Crippen LogP contribution in [0.5, 0.6) is 0 Å². The van der Waals surface area contributed by atoms with Crippen LogP contribution in [0.3, 0.4) is 0 Å². The van der Waals surface area contributed by atoms with Crippen molar-refractivity contribution >= 4 is 29.0 Å². The molecule has 2 aromatic rings. The van der Waals surface area contributed by atoms with Crippen molar-refractivity contribution in [2.75, 3.05) is 24.2 Å². The summed E-state index contributed by atoms with van der Waals surface area (Å²) in [5.41, 5.74) is 1.80. The number of carbonyl (C=O) groups is 2. The molecule has 2 rings (SSSR count). The lowest BCUT2D eigenvalue weighted by atomic mass is 10.2. The second kappa shape index (κ2) is 8.94. The predicted octanol–water partition coefficient (Wildman–Crippen LogP) is 3.36. The third-order valence-corrected chi connectivity index (χ3v) is 3.71. The van der Waals surface area contributed by atoms with E-state index in [-0.39, 0.29) is 11.8 Å². The Morgan fingerprint density at radius 3 is 2.58 bits per heavy atom. The molecule has 0 unspecified atom stereocenters. The van der Waals surface area contributed by atoms with Gasteiger partial charge in [-0.1, -0.05) is 19.4 Å². The van der Waals surface area contributed by atoms with Crippen LogP contribution in [0.25, 0.3) is 0 Å². The summed E-state index contributed by atoms with van der Waals surface area (Å²) in [4.78, 5) is 34.0. The molecule has 0 atom stereocenters. The molecule has 0 spiro atoms. The molecule has 7 heteroatoms. The van der Waals surface area contributed by atoms with E-state index in [1.165, 1.54) is 6.92 Å². The fourth-order valence-corrected chi connectivity index (χ4v) is 2.46. The SMILES string of the molecule is CCCCN(C)C(=O)c1cc(Nc2cccc(NC(C)=O)c2)nc(C)n1. The van der Waals surface area contributed by atoms with Crippen LogP contribution in [0.2, 0.25) is 0 Å². The normalized spacial score (nSPS) is 10.3. The molecule has 26 heavy (non-hydrogen) atoms. The summed E-state index contributed by atoms with van der Waals surface area (Å²) in [6.07, 6.45) is 1.98. The molecule has 1 aromatic carbocycles. The molecule has 0 saturated carbocycles. The van der Waals surface area contributed by atoms with Crippen molar-refractivity contribution in [2.24, 2.45) is 0 Å². The van der Waals surface area contributed by atoms with E-state index in [1.54, 1.807) is 37.1 Å². The number of aromatic nitrogens is 2. The maximum absolute atomic E-state index is 12.5. The van der Waals surface area contributed by atoms with E-state index in [9.17, 15) is 9.59 Å². The second-order valence-corrected chi connectivity index (χ2v) is 6.15. The van der Waals surface area contributed by atoms with E-state index in [1.807, 2.05) is 12.1 Å². The summed E-state index contributed by atoms with van der Waals surface area (Å²) < 4.78 is 0. The van der Waals surface area contributed by atoms with Crippen LogP contribution >= 0.6 is 0 Å². The van der Waals surface area contributed by atoms with Crippen molar-refractivity contribution in [3.8, 4) is 0 Å². The topological polar surface area (TPSA) is 87.2 Å². The number of unbranched alkanes of at least 4 members (excludes halogenated alkanes) is 1. The molecule has 2 N–H and O–H groups in total. The molecule has 7 nitrogen and oxygen atoms in total. The van der Waals surface area contributed by atoms with Gasteiger partial charge in [-0.25, -0.2) is 9.97 Å². The van der Waals surface area contributed by atoms with Gasteiger partial charge in [0.05, 0.1) is 0 Å². The van der Waals surface area contributed by atoms with Crippen LogP contribution in [-0.2, 0) is 4.79 Å². The monoisotopic (exact) mass is 355 g/mol. The molecule has 0 bridgehead atoms. The zero-order valence-electron chi connectivity index (χ0n) is 15.7. The Hall–Kier alpha value is -2.96. The Balaban J connectivity index is 2.19. The van der Waals surface area contributed by atoms with Crippen LogP contribution in [0.1, 0.15) is 43.0 Å². The number of hydrogen-bond donors (Lipinski definition) is 2. The zero-order chi connectivity index (χ0) is 19.1. The minimum Gasteiger partial charge on any atom is -0.340 e. The van der Waals surface area contributed by atoms with Crippen molar-refractivity contribution < 1.29 is 9.59 Å². The van der Waals surface area contributed by atoms with Crippen LogP contribution in [0, 0.1) is 6.92 Å². The van der Waals surface area contributed by atoms with Crippen LogP contribution in [0.15, 0.2) is 30.3 Å². The van der Waals surface area contributed by atoms with Gasteiger partial charge in [-0.2, -0.15) is 0 Å². The number of rotatable bonds is 7. The van der Waals surface area contributed by atoms with Crippen molar-refractivity contribution in [1.29, 1.82) is 0 Å². The molecule has 0 fully saturated rings. The highest BCUT2D eigenvalue weighted by atomic mass is 16.2. The van der Waals surface area contributed by atoms with Gasteiger partial charge in [-0.05, 0) is 31.5 Å². The third kappa shape index (κ3) is 5.54. The number of nitrogens with one attached hydrogen (secondary N) is 2. The van der Waals surface area contributed by atoms with Crippen LogP contribution < -0.4 is 10.6 Å². The van der Waals surface area contributed by atoms with Gasteiger partial charge >= 0.3 is 0 Å². The van der Waals surface area contributed by atoms with E-state index in [0.29, 0.717) is 29.6 Å². The van der Waals surface area contributed by atoms with Gasteiger partial charge in [0.25, 0.3) is 5.91 Å². The van der Waals surface area contributed by atoms with Crippen LogP contribution in [-0.4, -0.2) is 40.3 Å². The summed E-state index contributed by atoms with van der Waals surface area (Å²) >= 11 is 0. The summed E-state index contributed by atoms with van der Waals surface area (Å²) in [6, 6.07) is 8.93. The molecule has 0 aliphatic carbocycles. The standard InChI is InChI=1S/C19H25N5O2/c1-5-6-10-24(4)19(26)17-12-18(21-13(2)20-17)23-16-9-7-8-15(11-16)22-14(3)25/h7-9,11-12H,5-6,10H2,1-4H3,(H,22,25)(H,20,21,23). The Kier molecular flexibility index (Phi) is 6.66. The average molecular weight is 355 g/mol. The third-order valence-electron chi connectivity index (χ3n) is 3.71. The maximum atomic E-state index is 12.5. The molecule has 1 aromatic heterocycles. The first kappa shape index (κ1) is 19.4. The Labute approximate surface area is 153 Å². The zero-order valence-corrected chi connectivity index (χ0v) is 15.7. The lowest BCUT2D eigenvalue weighted by Gasteiger charge is -2.17. The van der Waals surface area contributed by atoms with E-state index >= 15 is 0 Å². The van der Waals surface area contributed by atoms with Gasteiger partial charge in [0.1, 0.15) is 17.3 Å². The summed E-state index contributed by atoms with van der Waals surface area (Å²) in [5.74, 6) is 0.784. The highest BCUT2D eigenvalue weighted by Crippen LogP contribution is 2.20. The largest absolute Gasteiger partial charge is 0.340 e. The molecule has 1 heterocycles. The maximum Gasteiger partial charge on any atom is 0.272 e. The van der Waals surface area contributed by atoms with E-state index in [4.69, 9.17) is 0 Å². The van der Waals surface area contributed by atoms with Gasteiger partial charge in [0.15, 0.2) is 0 Å². The first-order chi connectivity index (χ1) is 12.4. The molecular weight excluding hydrogens is 330 g/mol. The molecule has 0 aliphatic rings. The first-order valence-electron chi connectivity index (χ1n) is 8.65. The number of hydrogen-bond acceptors (Lipinski definition) is 5. The lowest BCUT2D eigenvalue weighted by molar-refractivity contribution is -0.114. The smallest absolute Gasteiger partial charge is 0.272 e. The molecule has 138 valence electrons. The Morgan fingerprint density at radius 2 is 1.88 bits per heavy atom. The van der Waals surface area contributed by atoms with Gasteiger partial charge in [0, 0.05) is 38.0 Å². The fraction of sp³-hybridized carbons (Fsp3) is 0.368.